The quantitative estimate of drug-likeness (QED) is 0.302. The zero-order chi connectivity index (χ0) is 21.6. The van der Waals surface area contributed by atoms with Crippen LogP contribution in [0.3, 0.4) is 0 Å². The predicted molar refractivity (Wildman–Crippen MR) is 117 cm³/mol. The molecule has 0 rings (SSSR count). The monoisotopic (exact) mass is 439 g/mol. The Bertz CT molecular complexity index is 323. The van der Waals surface area contributed by atoms with Crippen LogP contribution in [0.1, 0.15) is 68.2 Å². The van der Waals surface area contributed by atoms with Crippen molar-refractivity contribution in [3.8, 4) is 0 Å². The first-order valence-electron chi connectivity index (χ1n) is 11.0. The molecule has 2 unspecified atom stereocenters. The van der Waals surface area contributed by atoms with Crippen molar-refractivity contribution in [2.75, 3.05) is 46.7 Å². The Labute approximate surface area is 175 Å². The lowest BCUT2D eigenvalue weighted by atomic mass is 10.4. The summed E-state index contributed by atoms with van der Waals surface area (Å²) in [6, 6.07) is 0. The summed E-state index contributed by atoms with van der Waals surface area (Å²) in [5.41, 5.74) is -0.0175. The third kappa shape index (κ3) is 7.14. The van der Waals surface area contributed by atoms with E-state index in [9.17, 15) is 0 Å². The number of hydrogen-bond acceptors (Lipinski definition) is 7. The summed E-state index contributed by atoms with van der Waals surface area (Å²) >= 11 is 0. The molecule has 0 aromatic rings. The van der Waals surface area contributed by atoms with Crippen LogP contribution < -0.4 is 0 Å². The zero-order valence-electron chi connectivity index (χ0n) is 19.7. The molecular weight excluding hydrogens is 394 g/mol. The molecule has 0 spiro atoms. The lowest BCUT2D eigenvalue weighted by molar-refractivity contribution is 0.0101. The molecule has 0 saturated carbocycles. The smallest absolute Gasteiger partial charge is 0.373 e. The third-order valence-corrected chi connectivity index (χ3v) is 12.1. The summed E-state index contributed by atoms with van der Waals surface area (Å²) in [4.78, 5) is 2.29. The normalized spacial score (nSPS) is 15.2. The van der Waals surface area contributed by atoms with Gasteiger partial charge in [-0.25, -0.2) is 0 Å². The Hall–Kier alpha value is 0.154. The highest BCUT2D eigenvalue weighted by Crippen LogP contribution is 2.29. The summed E-state index contributed by atoms with van der Waals surface area (Å²) in [7, 11) is -3.77. The number of nitrogens with zero attached hydrogens (tertiary/aromatic N) is 1. The molecule has 28 heavy (non-hydrogen) atoms. The Balaban J connectivity index is 6.12. The topological polar surface area (TPSA) is 58.6 Å². The van der Waals surface area contributed by atoms with Crippen molar-refractivity contribution in [1.29, 1.82) is 0 Å². The molecule has 0 heterocycles. The van der Waals surface area contributed by atoms with E-state index < -0.39 is 17.6 Å². The minimum Gasteiger partial charge on any atom is -0.373 e. The van der Waals surface area contributed by atoms with E-state index in [-0.39, 0.29) is 11.3 Å². The summed E-state index contributed by atoms with van der Waals surface area (Å²) in [5.74, 6) is 0. The van der Waals surface area contributed by atoms with Gasteiger partial charge in [-0.1, -0.05) is 13.8 Å². The molecule has 9 heteroatoms. The largest absolute Gasteiger partial charge is 0.519 e. The lowest BCUT2D eigenvalue weighted by Crippen LogP contribution is -2.70. The molecule has 0 aliphatic carbocycles. The van der Waals surface area contributed by atoms with Crippen LogP contribution in [0.15, 0.2) is 0 Å². The molecule has 0 aliphatic rings. The van der Waals surface area contributed by atoms with E-state index in [2.05, 4.69) is 25.8 Å². The Morgan fingerprint density at radius 1 is 0.500 bits per heavy atom. The maximum absolute atomic E-state index is 6.22. The van der Waals surface area contributed by atoms with E-state index >= 15 is 0 Å². The zero-order valence-corrected chi connectivity index (χ0v) is 21.7. The van der Waals surface area contributed by atoms with Gasteiger partial charge >= 0.3 is 17.6 Å². The molecule has 0 fully saturated rings. The van der Waals surface area contributed by atoms with Crippen LogP contribution in [0.5, 0.6) is 0 Å². The van der Waals surface area contributed by atoms with Crippen LogP contribution in [0.2, 0.25) is 0 Å². The summed E-state index contributed by atoms with van der Waals surface area (Å²) in [6.45, 7) is 19.6. The molecule has 0 radical (unpaired) electrons. The van der Waals surface area contributed by atoms with Gasteiger partial charge in [0.2, 0.25) is 0 Å². The number of hydrogen-bond donors (Lipinski definition) is 0. The standard InChI is InChI=1S/C19H45NO6Si2/c1-10-18(27(21-12-3,22-13-4)23-14-5)20(9)19(11-2)28(24-15-6,25-16-7)26-17-8/h18-19H,10-17H2,1-9H3. The fourth-order valence-corrected chi connectivity index (χ4v) is 10.4. The summed E-state index contributed by atoms with van der Waals surface area (Å²) in [6.07, 6.45) is 1.68. The van der Waals surface area contributed by atoms with Gasteiger partial charge in [0.25, 0.3) is 0 Å². The maximum Gasteiger partial charge on any atom is 0.519 e. The molecule has 0 bridgehead atoms. The molecular formula is C19H45NO6Si2. The summed E-state index contributed by atoms with van der Waals surface area (Å²) in [5, 5.41) is 0. The third-order valence-electron chi connectivity index (χ3n) is 4.65. The van der Waals surface area contributed by atoms with E-state index in [0.717, 1.165) is 12.8 Å². The van der Waals surface area contributed by atoms with Gasteiger partial charge in [0, 0.05) is 39.6 Å². The van der Waals surface area contributed by atoms with E-state index in [1.54, 1.807) is 0 Å². The van der Waals surface area contributed by atoms with Crippen molar-refractivity contribution in [3.05, 3.63) is 0 Å². The van der Waals surface area contributed by atoms with Crippen LogP contribution in [0.4, 0.5) is 0 Å². The molecule has 7 nitrogen and oxygen atoms in total. The van der Waals surface area contributed by atoms with Crippen LogP contribution >= 0.6 is 0 Å². The molecule has 0 saturated heterocycles. The van der Waals surface area contributed by atoms with E-state index in [0.29, 0.717) is 39.6 Å². The Morgan fingerprint density at radius 3 is 0.857 bits per heavy atom. The van der Waals surface area contributed by atoms with Gasteiger partial charge in [-0.05, 0) is 61.4 Å². The van der Waals surface area contributed by atoms with E-state index in [1.165, 1.54) is 0 Å². The van der Waals surface area contributed by atoms with Gasteiger partial charge < -0.3 is 26.6 Å². The molecule has 170 valence electrons. The van der Waals surface area contributed by atoms with Crippen molar-refractivity contribution in [3.63, 3.8) is 0 Å². The van der Waals surface area contributed by atoms with Crippen LogP contribution in [-0.4, -0.2) is 80.5 Å². The van der Waals surface area contributed by atoms with Gasteiger partial charge in [0.05, 0.1) is 11.3 Å². The molecule has 0 aliphatic heterocycles. The van der Waals surface area contributed by atoms with Crippen molar-refractivity contribution in [1.82, 2.24) is 4.90 Å². The predicted octanol–water partition coefficient (Wildman–Crippen LogP) is 3.65. The first-order valence-corrected chi connectivity index (χ1v) is 14.6. The average Bonchev–Trinajstić information content (AvgIpc) is 2.64. The maximum atomic E-state index is 6.22. The van der Waals surface area contributed by atoms with Gasteiger partial charge in [-0.15, -0.1) is 0 Å². The fraction of sp³-hybridized carbons (Fsp3) is 1.00. The van der Waals surface area contributed by atoms with Crippen molar-refractivity contribution >= 4 is 17.6 Å². The first kappa shape index (κ1) is 28.2. The molecule has 0 amide bonds. The highest BCUT2D eigenvalue weighted by molar-refractivity contribution is 6.64. The highest BCUT2D eigenvalue weighted by Gasteiger charge is 2.57. The van der Waals surface area contributed by atoms with Crippen LogP contribution in [-0.2, 0) is 26.6 Å². The minimum absolute atomic E-state index is 0.00876. The van der Waals surface area contributed by atoms with Crippen LogP contribution in [0.25, 0.3) is 0 Å². The van der Waals surface area contributed by atoms with Crippen molar-refractivity contribution < 1.29 is 26.6 Å². The average molecular weight is 440 g/mol. The summed E-state index contributed by atoms with van der Waals surface area (Å²) < 4.78 is 37.3. The Kier molecular flexibility index (Phi) is 15.1. The molecule has 0 aromatic heterocycles. The SMILES string of the molecule is CCO[Si](OCC)(OCC)C(CC)N(C)C(CC)[Si](OCC)(OCC)OCC. The minimum atomic E-state index is -2.93. The van der Waals surface area contributed by atoms with Gasteiger partial charge in [-0.3, -0.25) is 4.90 Å². The van der Waals surface area contributed by atoms with Crippen molar-refractivity contribution in [2.24, 2.45) is 0 Å². The second-order valence-corrected chi connectivity index (χ2v) is 11.8. The molecule has 2 atom stereocenters. The molecule has 0 N–H and O–H groups in total. The second kappa shape index (κ2) is 15.0. The van der Waals surface area contributed by atoms with Gasteiger partial charge in [0.15, 0.2) is 0 Å². The van der Waals surface area contributed by atoms with Crippen molar-refractivity contribution in [2.45, 2.75) is 79.6 Å². The van der Waals surface area contributed by atoms with E-state index in [4.69, 9.17) is 26.6 Å². The van der Waals surface area contributed by atoms with Gasteiger partial charge in [0.1, 0.15) is 0 Å². The Morgan fingerprint density at radius 2 is 0.714 bits per heavy atom. The van der Waals surface area contributed by atoms with E-state index in [1.807, 2.05) is 41.5 Å². The number of rotatable bonds is 18. The van der Waals surface area contributed by atoms with Gasteiger partial charge in [-0.2, -0.15) is 0 Å². The molecule has 0 aromatic carbocycles. The van der Waals surface area contributed by atoms with Crippen LogP contribution in [0, 0.1) is 0 Å². The highest BCUT2D eigenvalue weighted by atomic mass is 28.4. The first-order chi connectivity index (χ1) is 13.4. The lowest BCUT2D eigenvalue weighted by Gasteiger charge is -2.46. The second-order valence-electron chi connectivity index (χ2n) is 6.32. The fourth-order valence-electron chi connectivity index (χ4n) is 3.83.